The number of aromatic nitrogens is 3. The van der Waals surface area contributed by atoms with Gasteiger partial charge < -0.3 is 20.7 Å². The average Bonchev–Trinajstić information content (AvgIpc) is 3.05. The molecule has 3 heterocycles. The fourth-order valence-electron chi connectivity index (χ4n) is 3.17. The Kier molecular flexibility index (Phi) is 3.00. The van der Waals surface area contributed by atoms with Gasteiger partial charge in [-0.2, -0.15) is 0 Å². The Bertz CT molecular complexity index is 847. The lowest BCUT2D eigenvalue weighted by Crippen LogP contribution is -2.24. The van der Waals surface area contributed by atoms with Gasteiger partial charge in [0.05, 0.1) is 23.6 Å². The minimum Gasteiger partial charge on any atom is -0.394 e. The van der Waals surface area contributed by atoms with Crippen LogP contribution >= 0.6 is 0 Å². The highest BCUT2D eigenvalue weighted by atomic mass is 16.5. The first kappa shape index (κ1) is 13.4. The molecule has 0 saturated carbocycles. The predicted octanol–water partition coefficient (Wildman–Crippen LogP) is 0.807. The maximum atomic E-state index is 10.0. The average molecular weight is 300 g/mol. The third-order valence-corrected chi connectivity index (χ3v) is 4.19. The van der Waals surface area contributed by atoms with Crippen LogP contribution in [0, 0.1) is 0 Å². The molecule has 2 aromatic heterocycles. The van der Waals surface area contributed by atoms with Crippen molar-refractivity contribution in [2.45, 2.75) is 24.9 Å². The fraction of sp³-hybridized carbons (Fsp3) is 0.333. The number of hydrogen-bond acceptors (Lipinski definition) is 6. The highest BCUT2D eigenvalue weighted by Crippen LogP contribution is 2.37. The molecule has 1 aliphatic heterocycles. The van der Waals surface area contributed by atoms with Crippen molar-refractivity contribution in [3.05, 3.63) is 30.6 Å². The number of fused-ring (bicyclic) bond motifs is 3. The molecule has 1 unspecified atom stereocenters. The Hall–Kier alpha value is -2.22. The Labute approximate surface area is 126 Å². The van der Waals surface area contributed by atoms with Crippen LogP contribution in [0.4, 0.5) is 5.82 Å². The molecule has 22 heavy (non-hydrogen) atoms. The zero-order chi connectivity index (χ0) is 15.3. The maximum absolute atomic E-state index is 10.0. The molecule has 1 aromatic carbocycles. The minimum atomic E-state index is -0.703. The smallest absolute Gasteiger partial charge is 0.148 e. The van der Waals surface area contributed by atoms with Gasteiger partial charge in [0.15, 0.2) is 0 Å². The first-order valence-corrected chi connectivity index (χ1v) is 7.14. The number of ether oxygens (including phenoxy) is 1. The SMILES string of the molecule is Nc1ncnc2c1c1ccccc1n2[C@H]1CC(O)[C@@H](CO)O1. The number of nitrogen functional groups attached to an aromatic ring is 1. The minimum absolute atomic E-state index is 0.216. The van der Waals surface area contributed by atoms with E-state index in [0.717, 1.165) is 16.3 Å². The number of aliphatic hydroxyl groups is 2. The number of hydrogen-bond donors (Lipinski definition) is 3. The normalized spacial score (nSPS) is 25.3. The van der Waals surface area contributed by atoms with Crippen molar-refractivity contribution in [1.29, 1.82) is 0 Å². The zero-order valence-corrected chi connectivity index (χ0v) is 11.8. The van der Waals surface area contributed by atoms with Crippen LogP contribution in [0.3, 0.4) is 0 Å². The van der Waals surface area contributed by atoms with Gasteiger partial charge in [-0.25, -0.2) is 9.97 Å². The van der Waals surface area contributed by atoms with E-state index in [-0.39, 0.29) is 6.61 Å². The highest BCUT2D eigenvalue weighted by molar-refractivity contribution is 6.11. The lowest BCUT2D eigenvalue weighted by molar-refractivity contribution is -0.0417. The first-order chi connectivity index (χ1) is 10.7. The Morgan fingerprint density at radius 2 is 2.14 bits per heavy atom. The van der Waals surface area contributed by atoms with E-state index in [1.807, 2.05) is 28.8 Å². The van der Waals surface area contributed by atoms with Gasteiger partial charge in [-0.05, 0) is 6.07 Å². The molecule has 0 amide bonds. The summed E-state index contributed by atoms with van der Waals surface area (Å²) in [6, 6.07) is 7.77. The van der Waals surface area contributed by atoms with Gasteiger partial charge in [0.25, 0.3) is 0 Å². The zero-order valence-electron chi connectivity index (χ0n) is 11.8. The summed E-state index contributed by atoms with van der Waals surface area (Å²) < 4.78 is 7.70. The van der Waals surface area contributed by atoms with E-state index in [1.54, 1.807) is 0 Å². The summed E-state index contributed by atoms with van der Waals surface area (Å²) in [6.07, 6.45) is 0.125. The molecule has 3 atom stereocenters. The van der Waals surface area contributed by atoms with Gasteiger partial charge in [0.2, 0.25) is 0 Å². The number of nitrogens with two attached hydrogens (primary N) is 1. The van der Waals surface area contributed by atoms with E-state index >= 15 is 0 Å². The summed E-state index contributed by atoms with van der Waals surface area (Å²) >= 11 is 0. The van der Waals surface area contributed by atoms with Crippen molar-refractivity contribution in [3.8, 4) is 0 Å². The van der Waals surface area contributed by atoms with Gasteiger partial charge in [-0.3, -0.25) is 4.57 Å². The van der Waals surface area contributed by atoms with Gasteiger partial charge in [-0.1, -0.05) is 18.2 Å². The first-order valence-electron chi connectivity index (χ1n) is 7.14. The van der Waals surface area contributed by atoms with Crippen LogP contribution in [-0.2, 0) is 4.74 Å². The topological polar surface area (TPSA) is 106 Å². The van der Waals surface area contributed by atoms with Gasteiger partial charge in [0.1, 0.15) is 30.1 Å². The largest absolute Gasteiger partial charge is 0.394 e. The van der Waals surface area contributed by atoms with Crippen molar-refractivity contribution in [1.82, 2.24) is 14.5 Å². The molecular weight excluding hydrogens is 284 g/mol. The van der Waals surface area contributed by atoms with Crippen LogP contribution in [0.15, 0.2) is 30.6 Å². The van der Waals surface area contributed by atoms with Gasteiger partial charge in [-0.15, -0.1) is 0 Å². The number of anilines is 1. The molecule has 7 heteroatoms. The molecule has 1 saturated heterocycles. The van der Waals surface area contributed by atoms with E-state index in [1.165, 1.54) is 6.33 Å². The van der Waals surface area contributed by atoms with Crippen LogP contribution < -0.4 is 5.73 Å². The molecule has 0 spiro atoms. The molecule has 4 rings (SSSR count). The van der Waals surface area contributed by atoms with Crippen molar-refractivity contribution in [2.24, 2.45) is 0 Å². The molecule has 3 aromatic rings. The Balaban J connectivity index is 1.98. The van der Waals surface area contributed by atoms with Crippen molar-refractivity contribution in [2.75, 3.05) is 12.3 Å². The van der Waals surface area contributed by atoms with Crippen LogP contribution in [-0.4, -0.2) is 43.6 Å². The molecule has 0 radical (unpaired) electrons. The number of rotatable bonds is 2. The van der Waals surface area contributed by atoms with Gasteiger partial charge in [0, 0.05) is 11.8 Å². The van der Waals surface area contributed by atoms with E-state index in [4.69, 9.17) is 10.5 Å². The third-order valence-electron chi connectivity index (χ3n) is 4.19. The lowest BCUT2D eigenvalue weighted by Gasteiger charge is -2.15. The van der Waals surface area contributed by atoms with E-state index in [9.17, 15) is 10.2 Å². The molecule has 0 bridgehead atoms. The van der Waals surface area contributed by atoms with Crippen LogP contribution in [0.25, 0.3) is 21.9 Å². The fourth-order valence-corrected chi connectivity index (χ4v) is 3.17. The van der Waals surface area contributed by atoms with Crippen molar-refractivity contribution < 1.29 is 14.9 Å². The number of aliphatic hydroxyl groups excluding tert-OH is 2. The lowest BCUT2D eigenvalue weighted by atomic mass is 10.2. The second-order valence-electron chi connectivity index (χ2n) is 5.46. The predicted molar refractivity (Wildman–Crippen MR) is 81.1 cm³/mol. The van der Waals surface area contributed by atoms with Crippen LogP contribution in [0.2, 0.25) is 0 Å². The van der Waals surface area contributed by atoms with Crippen molar-refractivity contribution in [3.63, 3.8) is 0 Å². The second-order valence-corrected chi connectivity index (χ2v) is 5.46. The summed E-state index contributed by atoms with van der Waals surface area (Å²) in [5, 5.41) is 21.0. The molecule has 1 fully saturated rings. The number of nitrogens with zero attached hydrogens (tertiary/aromatic N) is 3. The number of benzene rings is 1. The molecule has 7 nitrogen and oxygen atoms in total. The summed E-state index contributed by atoms with van der Waals surface area (Å²) in [5.74, 6) is 0.414. The second kappa shape index (κ2) is 4.91. The molecule has 0 aliphatic carbocycles. The summed E-state index contributed by atoms with van der Waals surface area (Å²) in [6.45, 7) is -0.216. The summed E-state index contributed by atoms with van der Waals surface area (Å²) in [5.41, 5.74) is 7.61. The van der Waals surface area contributed by atoms with E-state index in [2.05, 4.69) is 9.97 Å². The molecule has 114 valence electrons. The monoisotopic (exact) mass is 300 g/mol. The third kappa shape index (κ3) is 1.80. The Morgan fingerprint density at radius 1 is 1.32 bits per heavy atom. The van der Waals surface area contributed by atoms with Crippen LogP contribution in [0.1, 0.15) is 12.6 Å². The van der Waals surface area contributed by atoms with Gasteiger partial charge >= 0.3 is 0 Å². The maximum Gasteiger partial charge on any atom is 0.148 e. The summed E-state index contributed by atoms with van der Waals surface area (Å²) in [7, 11) is 0. The molecule has 1 aliphatic rings. The standard InChI is InChI=1S/C15H16N4O3/c16-14-13-8-3-1-2-4-9(8)19(15(13)18-7-17-14)12-5-10(21)11(6-20)22-12/h1-4,7,10-12,20-21H,5-6H2,(H2,16,17,18)/t10?,11-,12-/m1/s1. The summed E-state index contributed by atoms with van der Waals surface area (Å²) in [4.78, 5) is 8.41. The van der Waals surface area contributed by atoms with E-state index in [0.29, 0.717) is 17.9 Å². The Morgan fingerprint density at radius 3 is 2.91 bits per heavy atom. The quantitative estimate of drug-likeness (QED) is 0.646. The molecule has 4 N–H and O–H groups in total. The molecular formula is C15H16N4O3. The van der Waals surface area contributed by atoms with Crippen LogP contribution in [0.5, 0.6) is 0 Å². The highest BCUT2D eigenvalue weighted by Gasteiger charge is 2.36. The van der Waals surface area contributed by atoms with Crippen molar-refractivity contribution >= 4 is 27.8 Å². The number of para-hydroxylation sites is 1. The van der Waals surface area contributed by atoms with E-state index < -0.39 is 18.4 Å².